The van der Waals surface area contributed by atoms with Gasteiger partial charge in [-0.3, -0.25) is 0 Å². The third kappa shape index (κ3) is 23.6. The number of fused-ring (bicyclic) bond motifs is 3. The SMILES string of the molecule is C=C.C=C(CCCCCCCCCC)CCCCCCCN(C)CCCCCCCC.CCC12CCC(CC1)CC2. The lowest BCUT2D eigenvalue weighted by atomic mass is 9.60. The van der Waals surface area contributed by atoms with Crippen molar-refractivity contribution in [3.63, 3.8) is 0 Å². The summed E-state index contributed by atoms with van der Waals surface area (Å²) in [5.74, 6) is 1.13. The second-order valence-corrected chi connectivity index (χ2v) is 13.9. The zero-order valence-corrected chi connectivity index (χ0v) is 29.4. The summed E-state index contributed by atoms with van der Waals surface area (Å²) < 4.78 is 0. The summed E-state index contributed by atoms with van der Waals surface area (Å²) in [7, 11) is 2.31. The van der Waals surface area contributed by atoms with Gasteiger partial charge in [-0.1, -0.05) is 136 Å². The van der Waals surface area contributed by atoms with Crippen molar-refractivity contribution in [3.05, 3.63) is 25.3 Å². The zero-order valence-electron chi connectivity index (χ0n) is 29.4. The first kappa shape index (κ1) is 40.4. The summed E-state index contributed by atoms with van der Waals surface area (Å²) in [6.07, 6.45) is 40.1. The van der Waals surface area contributed by atoms with Crippen molar-refractivity contribution in [3.8, 4) is 0 Å². The van der Waals surface area contributed by atoms with Gasteiger partial charge in [-0.25, -0.2) is 0 Å². The summed E-state index contributed by atoms with van der Waals surface area (Å²) in [4.78, 5) is 2.55. The molecule has 0 spiro atoms. The van der Waals surface area contributed by atoms with E-state index in [1.165, 1.54) is 160 Å². The number of rotatable bonds is 25. The Morgan fingerprint density at radius 1 is 0.561 bits per heavy atom. The molecule has 3 aliphatic rings. The molecule has 0 radical (unpaired) electrons. The van der Waals surface area contributed by atoms with E-state index in [0.717, 1.165) is 11.3 Å². The third-order valence-corrected chi connectivity index (χ3v) is 10.3. The van der Waals surface area contributed by atoms with Crippen molar-refractivity contribution in [2.24, 2.45) is 11.3 Å². The lowest BCUT2D eigenvalue weighted by Crippen LogP contribution is -2.33. The van der Waals surface area contributed by atoms with Crippen molar-refractivity contribution in [1.29, 1.82) is 0 Å². The molecule has 3 fully saturated rings. The highest BCUT2D eigenvalue weighted by molar-refractivity contribution is 4.93. The second kappa shape index (κ2) is 29.5. The van der Waals surface area contributed by atoms with E-state index in [-0.39, 0.29) is 0 Å². The predicted molar refractivity (Wildman–Crippen MR) is 190 cm³/mol. The average molecular weight is 574 g/mol. The number of hydrogen-bond acceptors (Lipinski definition) is 1. The van der Waals surface area contributed by atoms with E-state index in [0.29, 0.717) is 0 Å². The highest BCUT2D eigenvalue weighted by Crippen LogP contribution is 2.51. The van der Waals surface area contributed by atoms with E-state index in [1.807, 2.05) is 0 Å². The lowest BCUT2D eigenvalue weighted by Gasteiger charge is -2.46. The number of unbranched alkanes of at least 4 members (excludes halogenated alkanes) is 16. The van der Waals surface area contributed by atoms with Crippen LogP contribution >= 0.6 is 0 Å². The van der Waals surface area contributed by atoms with Gasteiger partial charge in [-0.15, -0.1) is 13.2 Å². The maximum atomic E-state index is 4.32. The Labute approximate surface area is 261 Å². The topological polar surface area (TPSA) is 3.24 Å². The summed E-state index contributed by atoms with van der Waals surface area (Å²) in [5, 5.41) is 0. The summed E-state index contributed by atoms with van der Waals surface area (Å²) >= 11 is 0. The Morgan fingerprint density at radius 2 is 0.902 bits per heavy atom. The van der Waals surface area contributed by atoms with Gasteiger partial charge in [0.1, 0.15) is 0 Å². The fraction of sp³-hybridized carbons (Fsp3) is 0.900. The van der Waals surface area contributed by atoms with Crippen LogP contribution in [0.3, 0.4) is 0 Å². The molecule has 1 heteroatoms. The minimum absolute atomic E-state index is 0.828. The fourth-order valence-electron chi connectivity index (χ4n) is 7.06. The van der Waals surface area contributed by atoms with Crippen LogP contribution in [0.5, 0.6) is 0 Å². The molecular formula is C40H79N. The van der Waals surface area contributed by atoms with Crippen molar-refractivity contribution in [1.82, 2.24) is 4.90 Å². The molecule has 0 atom stereocenters. The molecule has 2 bridgehead atoms. The van der Waals surface area contributed by atoms with E-state index < -0.39 is 0 Å². The minimum atomic E-state index is 0.828. The smallest absolute Gasteiger partial charge is 0.00218 e. The van der Waals surface area contributed by atoms with E-state index in [2.05, 4.69) is 52.5 Å². The van der Waals surface area contributed by atoms with E-state index >= 15 is 0 Å². The quantitative estimate of drug-likeness (QED) is 0.0775. The largest absolute Gasteiger partial charge is 0.306 e. The monoisotopic (exact) mass is 574 g/mol. The van der Waals surface area contributed by atoms with Gasteiger partial charge in [0.15, 0.2) is 0 Å². The van der Waals surface area contributed by atoms with Gasteiger partial charge in [-0.2, -0.15) is 0 Å². The standard InChI is InChI=1S/C28H57N.C10H18.C2H4/c1-5-7-9-11-13-14-16-20-24-28(3)25-21-17-15-19-23-27-29(4)26-22-18-12-10-8-6-2;1-2-10-6-3-9(4-7-10)5-8-10;1-2/h3,5-27H2,1-2,4H3;9H,2-8H2,1H3;1-2H2. The van der Waals surface area contributed by atoms with Crippen LogP contribution in [0.1, 0.15) is 201 Å². The molecule has 0 aliphatic heterocycles. The maximum absolute atomic E-state index is 4.32. The first-order valence-electron chi connectivity index (χ1n) is 18.9. The van der Waals surface area contributed by atoms with Crippen molar-refractivity contribution in [2.75, 3.05) is 20.1 Å². The molecule has 244 valence electrons. The maximum Gasteiger partial charge on any atom is -0.00218 e. The normalized spacial score (nSPS) is 19.4. The van der Waals surface area contributed by atoms with Crippen LogP contribution in [0.25, 0.3) is 0 Å². The van der Waals surface area contributed by atoms with Gasteiger partial charge >= 0.3 is 0 Å². The van der Waals surface area contributed by atoms with Gasteiger partial charge in [-0.05, 0) is 109 Å². The molecule has 3 aliphatic carbocycles. The third-order valence-electron chi connectivity index (χ3n) is 10.3. The van der Waals surface area contributed by atoms with Gasteiger partial charge in [0.05, 0.1) is 0 Å². The highest BCUT2D eigenvalue weighted by Gasteiger charge is 2.38. The van der Waals surface area contributed by atoms with Gasteiger partial charge < -0.3 is 4.90 Å². The Kier molecular flexibility index (Phi) is 29.1. The van der Waals surface area contributed by atoms with Crippen LogP contribution in [0.15, 0.2) is 25.3 Å². The summed E-state index contributed by atoms with van der Waals surface area (Å²) in [6, 6.07) is 0. The Hall–Kier alpha value is -0.560. The molecule has 0 aromatic carbocycles. The zero-order chi connectivity index (χ0) is 30.4. The van der Waals surface area contributed by atoms with E-state index in [4.69, 9.17) is 0 Å². The number of nitrogens with zero attached hydrogens (tertiary/aromatic N) is 1. The van der Waals surface area contributed by atoms with Crippen LogP contribution in [-0.2, 0) is 0 Å². The Balaban J connectivity index is 0.00000109. The molecule has 0 saturated heterocycles. The molecule has 0 heterocycles. The molecule has 0 unspecified atom stereocenters. The second-order valence-electron chi connectivity index (χ2n) is 13.9. The molecule has 0 amide bonds. The summed E-state index contributed by atoms with van der Waals surface area (Å²) in [5.41, 5.74) is 2.34. The molecular weight excluding hydrogens is 494 g/mol. The molecule has 0 N–H and O–H groups in total. The van der Waals surface area contributed by atoms with Crippen LogP contribution in [0.2, 0.25) is 0 Å². The van der Waals surface area contributed by atoms with Gasteiger partial charge in [0.2, 0.25) is 0 Å². The van der Waals surface area contributed by atoms with Gasteiger partial charge in [0, 0.05) is 0 Å². The van der Waals surface area contributed by atoms with E-state index in [9.17, 15) is 0 Å². The van der Waals surface area contributed by atoms with Gasteiger partial charge in [0.25, 0.3) is 0 Å². The van der Waals surface area contributed by atoms with Crippen LogP contribution in [-0.4, -0.2) is 25.0 Å². The Morgan fingerprint density at radius 3 is 1.24 bits per heavy atom. The highest BCUT2D eigenvalue weighted by atomic mass is 15.1. The number of hydrogen-bond donors (Lipinski definition) is 0. The van der Waals surface area contributed by atoms with Crippen molar-refractivity contribution in [2.45, 2.75) is 201 Å². The first-order valence-corrected chi connectivity index (χ1v) is 18.9. The molecule has 41 heavy (non-hydrogen) atoms. The summed E-state index contributed by atoms with van der Waals surface area (Å²) in [6.45, 7) is 19.9. The molecule has 3 saturated carbocycles. The van der Waals surface area contributed by atoms with Crippen LogP contribution in [0, 0.1) is 11.3 Å². The van der Waals surface area contributed by atoms with E-state index in [1.54, 1.807) is 38.5 Å². The molecule has 3 rings (SSSR count). The van der Waals surface area contributed by atoms with Crippen LogP contribution in [0.4, 0.5) is 0 Å². The van der Waals surface area contributed by atoms with Crippen LogP contribution < -0.4 is 0 Å². The minimum Gasteiger partial charge on any atom is -0.306 e. The van der Waals surface area contributed by atoms with Crippen molar-refractivity contribution >= 4 is 0 Å². The lowest BCUT2D eigenvalue weighted by molar-refractivity contribution is 0.0614. The average Bonchev–Trinajstić information content (AvgIpc) is 3.02. The van der Waals surface area contributed by atoms with Crippen molar-refractivity contribution < 1.29 is 0 Å². The first-order chi connectivity index (χ1) is 20.0. The molecule has 1 nitrogen and oxygen atoms in total. The molecule has 0 aromatic rings. The predicted octanol–water partition coefficient (Wildman–Crippen LogP) is 13.9. The fourth-order valence-corrected chi connectivity index (χ4v) is 7.06. The molecule has 0 aromatic heterocycles. The number of allylic oxidation sites excluding steroid dienone is 1. The Bertz CT molecular complexity index is 529.